The van der Waals surface area contributed by atoms with Crippen molar-refractivity contribution in [2.24, 2.45) is 0 Å². The van der Waals surface area contributed by atoms with Crippen molar-refractivity contribution in [2.45, 2.75) is 19.8 Å². The Hall–Kier alpha value is -2.77. The average Bonchev–Trinajstić information content (AvgIpc) is 2.94. The van der Waals surface area contributed by atoms with E-state index in [2.05, 4.69) is 15.5 Å². The van der Waals surface area contributed by atoms with Crippen LogP contribution in [-0.2, 0) is 16.0 Å². The van der Waals surface area contributed by atoms with Crippen molar-refractivity contribution in [1.82, 2.24) is 15.5 Å². The molecule has 22 heavy (non-hydrogen) atoms. The van der Waals surface area contributed by atoms with Gasteiger partial charge in [-0.1, -0.05) is 5.16 Å². The van der Waals surface area contributed by atoms with Gasteiger partial charge in [0.05, 0.1) is 0 Å². The fourth-order valence-electron chi connectivity index (χ4n) is 1.74. The van der Waals surface area contributed by atoms with Gasteiger partial charge >= 0.3 is 5.97 Å². The predicted octanol–water partition coefficient (Wildman–Crippen LogP) is 1.32. The van der Waals surface area contributed by atoms with E-state index < -0.39 is 18.4 Å². The van der Waals surface area contributed by atoms with Crippen LogP contribution in [0.1, 0.15) is 17.9 Å². The van der Waals surface area contributed by atoms with Crippen LogP contribution in [0, 0.1) is 12.7 Å². The van der Waals surface area contributed by atoms with Crippen LogP contribution in [0.5, 0.6) is 0 Å². The Morgan fingerprint density at radius 2 is 2.18 bits per heavy atom. The molecule has 116 valence electrons. The van der Waals surface area contributed by atoms with Gasteiger partial charge < -0.3 is 14.9 Å². The number of nitrogens with zero attached hydrogens (tertiary/aromatic N) is 2. The summed E-state index contributed by atoms with van der Waals surface area (Å²) >= 11 is 0. The van der Waals surface area contributed by atoms with Crippen LogP contribution in [0.15, 0.2) is 22.7 Å². The molecule has 0 bridgehead atoms. The Morgan fingerprint density at radius 3 is 2.86 bits per heavy atom. The van der Waals surface area contributed by atoms with Crippen molar-refractivity contribution in [3.63, 3.8) is 0 Å². The second kappa shape index (κ2) is 6.79. The molecule has 0 saturated heterocycles. The van der Waals surface area contributed by atoms with Crippen LogP contribution >= 0.6 is 0 Å². The quantitative estimate of drug-likeness (QED) is 0.833. The molecule has 2 aromatic rings. The number of hydrogen-bond donors (Lipinski definition) is 2. The molecule has 7 nitrogen and oxygen atoms in total. The minimum Gasteiger partial charge on any atom is -0.480 e. The molecule has 2 N–H and O–H groups in total. The minimum absolute atomic E-state index is 0.0390. The lowest BCUT2D eigenvalue weighted by molar-refractivity contribution is -0.137. The van der Waals surface area contributed by atoms with Crippen molar-refractivity contribution in [3.05, 3.63) is 35.5 Å². The zero-order chi connectivity index (χ0) is 16.1. The van der Waals surface area contributed by atoms with Crippen molar-refractivity contribution < 1.29 is 23.6 Å². The van der Waals surface area contributed by atoms with E-state index in [1.807, 2.05) is 0 Å². The van der Waals surface area contributed by atoms with Gasteiger partial charge in [-0.05, 0) is 30.7 Å². The molecule has 0 aliphatic heterocycles. The smallest absolute Gasteiger partial charge is 0.322 e. The van der Waals surface area contributed by atoms with Gasteiger partial charge in [-0.3, -0.25) is 9.59 Å². The molecule has 0 saturated carbocycles. The Balaban J connectivity index is 1.95. The normalized spacial score (nSPS) is 10.5. The van der Waals surface area contributed by atoms with Crippen molar-refractivity contribution in [3.8, 4) is 11.4 Å². The summed E-state index contributed by atoms with van der Waals surface area (Å²) in [5.74, 6) is -1.28. The van der Waals surface area contributed by atoms with E-state index in [9.17, 15) is 14.0 Å². The number of carboxylic acids is 1. The number of aryl methyl sites for hydroxylation is 2. The molecule has 1 aromatic heterocycles. The molecule has 8 heteroatoms. The molecule has 0 fully saturated rings. The zero-order valence-electron chi connectivity index (χ0n) is 11.8. The first-order valence-corrected chi connectivity index (χ1v) is 6.53. The van der Waals surface area contributed by atoms with E-state index in [0.29, 0.717) is 17.0 Å². The number of halogens is 1. The SMILES string of the molecule is Cc1cc(-c2noc(CCC(=O)NCC(=O)O)n2)ccc1F. The fraction of sp³-hybridized carbons (Fsp3) is 0.286. The first-order chi connectivity index (χ1) is 10.5. The van der Waals surface area contributed by atoms with Crippen LogP contribution in [0.2, 0.25) is 0 Å². The largest absolute Gasteiger partial charge is 0.480 e. The van der Waals surface area contributed by atoms with Gasteiger partial charge in [-0.15, -0.1) is 0 Å². The highest BCUT2D eigenvalue weighted by atomic mass is 19.1. The number of nitrogens with one attached hydrogen (secondary N) is 1. The molecule has 1 heterocycles. The molecule has 0 radical (unpaired) electrons. The number of aromatic nitrogens is 2. The van der Waals surface area contributed by atoms with Crippen molar-refractivity contribution in [1.29, 1.82) is 0 Å². The lowest BCUT2D eigenvalue weighted by Gasteiger charge is -1.99. The molecule has 0 spiro atoms. The van der Waals surface area contributed by atoms with Gasteiger partial charge in [0.15, 0.2) is 0 Å². The van der Waals surface area contributed by atoms with E-state index in [0.717, 1.165) is 0 Å². The Kier molecular flexibility index (Phi) is 4.82. The molecule has 1 aromatic carbocycles. The Morgan fingerprint density at radius 1 is 1.41 bits per heavy atom. The van der Waals surface area contributed by atoms with Gasteiger partial charge in [-0.25, -0.2) is 4.39 Å². The standard InChI is InChI=1S/C14H14FN3O4/c1-8-6-9(2-3-10(8)15)14-17-12(22-18-14)5-4-11(19)16-7-13(20)21/h2-3,6H,4-5,7H2,1H3,(H,16,19)(H,20,21). The van der Waals surface area contributed by atoms with Crippen LogP contribution in [0.3, 0.4) is 0 Å². The van der Waals surface area contributed by atoms with Crippen LogP contribution in [0.25, 0.3) is 11.4 Å². The average molecular weight is 307 g/mol. The summed E-state index contributed by atoms with van der Waals surface area (Å²) < 4.78 is 18.2. The topological polar surface area (TPSA) is 105 Å². The highest BCUT2D eigenvalue weighted by Crippen LogP contribution is 2.19. The van der Waals surface area contributed by atoms with E-state index in [1.165, 1.54) is 12.1 Å². The summed E-state index contributed by atoms with van der Waals surface area (Å²) in [6.45, 7) is 1.20. The van der Waals surface area contributed by atoms with Crippen molar-refractivity contribution in [2.75, 3.05) is 6.54 Å². The molecule has 0 aliphatic rings. The third-order valence-corrected chi connectivity index (χ3v) is 2.89. The Labute approximate surface area is 125 Å². The van der Waals surface area contributed by atoms with Gasteiger partial charge in [0.1, 0.15) is 12.4 Å². The number of benzene rings is 1. The highest BCUT2D eigenvalue weighted by molar-refractivity contribution is 5.81. The third-order valence-electron chi connectivity index (χ3n) is 2.89. The summed E-state index contributed by atoms with van der Waals surface area (Å²) in [6.07, 6.45) is 0.232. The predicted molar refractivity (Wildman–Crippen MR) is 73.4 cm³/mol. The summed E-state index contributed by atoms with van der Waals surface area (Å²) in [4.78, 5) is 25.8. The summed E-state index contributed by atoms with van der Waals surface area (Å²) in [5, 5.41) is 14.4. The fourth-order valence-corrected chi connectivity index (χ4v) is 1.74. The maximum Gasteiger partial charge on any atom is 0.322 e. The second-order valence-electron chi connectivity index (χ2n) is 4.65. The number of carboxylic acid groups (broad SMARTS) is 1. The molecular weight excluding hydrogens is 293 g/mol. The number of carbonyl (C=O) groups excluding carboxylic acids is 1. The number of amides is 1. The molecule has 0 atom stereocenters. The molecule has 0 aliphatic carbocycles. The van der Waals surface area contributed by atoms with Crippen molar-refractivity contribution >= 4 is 11.9 Å². The van der Waals surface area contributed by atoms with Gasteiger partial charge in [0.25, 0.3) is 0 Å². The zero-order valence-corrected chi connectivity index (χ0v) is 11.8. The van der Waals surface area contributed by atoms with E-state index in [4.69, 9.17) is 9.63 Å². The first-order valence-electron chi connectivity index (χ1n) is 6.53. The Bertz CT molecular complexity index is 699. The number of rotatable bonds is 6. The first kappa shape index (κ1) is 15.6. The van der Waals surface area contributed by atoms with E-state index in [-0.39, 0.29) is 24.5 Å². The third kappa shape index (κ3) is 4.11. The maximum absolute atomic E-state index is 13.2. The van der Waals surface area contributed by atoms with Gasteiger partial charge in [-0.2, -0.15) is 4.98 Å². The minimum atomic E-state index is -1.11. The second-order valence-corrected chi connectivity index (χ2v) is 4.65. The molecular formula is C14H14FN3O4. The van der Waals surface area contributed by atoms with Crippen LogP contribution < -0.4 is 5.32 Å². The van der Waals surface area contributed by atoms with Gasteiger partial charge in [0.2, 0.25) is 17.6 Å². The molecule has 2 rings (SSSR count). The molecule has 0 unspecified atom stereocenters. The number of hydrogen-bond acceptors (Lipinski definition) is 5. The summed E-state index contributed by atoms with van der Waals surface area (Å²) in [6, 6.07) is 4.46. The number of carbonyl (C=O) groups is 2. The maximum atomic E-state index is 13.2. The summed E-state index contributed by atoms with van der Waals surface area (Å²) in [5.41, 5.74) is 1.08. The van der Waals surface area contributed by atoms with E-state index in [1.54, 1.807) is 13.0 Å². The van der Waals surface area contributed by atoms with Crippen LogP contribution in [-0.4, -0.2) is 33.7 Å². The van der Waals surface area contributed by atoms with Crippen LogP contribution in [0.4, 0.5) is 4.39 Å². The van der Waals surface area contributed by atoms with Gasteiger partial charge in [0, 0.05) is 18.4 Å². The number of aliphatic carboxylic acids is 1. The highest BCUT2D eigenvalue weighted by Gasteiger charge is 2.12. The monoisotopic (exact) mass is 307 g/mol. The lowest BCUT2D eigenvalue weighted by Crippen LogP contribution is -2.29. The lowest BCUT2D eigenvalue weighted by atomic mass is 10.1. The summed E-state index contributed by atoms with van der Waals surface area (Å²) in [7, 11) is 0. The molecule has 1 amide bonds. The van der Waals surface area contributed by atoms with E-state index >= 15 is 0 Å².